The molecule has 0 unspecified atom stereocenters. The Balaban J connectivity index is 1.11. The highest BCUT2D eigenvalue weighted by molar-refractivity contribution is 6.30. The van der Waals surface area contributed by atoms with Crippen LogP contribution in [0.2, 0.25) is 5.02 Å². The van der Waals surface area contributed by atoms with Gasteiger partial charge in [-0.3, -0.25) is 9.59 Å². The molecular weight excluding hydrogens is 554 g/mol. The number of aromatic nitrogens is 2. The Morgan fingerprint density at radius 2 is 1.70 bits per heavy atom. The van der Waals surface area contributed by atoms with Gasteiger partial charge < -0.3 is 9.88 Å². The predicted octanol–water partition coefficient (Wildman–Crippen LogP) is 7.65. The molecule has 1 amide bonds. The lowest BCUT2D eigenvalue weighted by Gasteiger charge is -2.21. The number of nitrogens with one attached hydrogen (secondary N) is 1. The van der Waals surface area contributed by atoms with Gasteiger partial charge in [-0.25, -0.2) is 4.98 Å². The number of aromatic amines is 1. The molecule has 7 rings (SSSR count). The number of carbonyl (C=O) groups is 1. The summed E-state index contributed by atoms with van der Waals surface area (Å²) in [6, 6.07) is 24.6. The van der Waals surface area contributed by atoms with Gasteiger partial charge in [-0.2, -0.15) is 0 Å². The number of aryl methyl sites for hydroxylation is 1. The van der Waals surface area contributed by atoms with Crippen molar-refractivity contribution in [2.24, 2.45) is 0 Å². The molecule has 1 aliphatic heterocycles. The molecule has 6 heteroatoms. The first kappa shape index (κ1) is 27.8. The van der Waals surface area contributed by atoms with Crippen LogP contribution in [0.25, 0.3) is 16.7 Å². The Kier molecular flexibility index (Phi) is 7.52. The SMILES string of the molecule is O=C(Cc1cccc(-c2cccc(Cl)c2)c1)N1CCCc2nc(C3(c4cccc(C5=CCCCC5)c4)CC3)[nH]c(=O)c2C1. The summed E-state index contributed by atoms with van der Waals surface area (Å²) in [4.78, 5) is 37.1. The number of allylic oxidation sites excluding steroid dienone is 2. The Hall–Kier alpha value is -3.96. The van der Waals surface area contributed by atoms with Gasteiger partial charge in [0.2, 0.25) is 5.91 Å². The fourth-order valence-electron chi connectivity index (χ4n) is 6.78. The second kappa shape index (κ2) is 11.6. The predicted molar refractivity (Wildman–Crippen MR) is 172 cm³/mol. The lowest BCUT2D eigenvalue weighted by atomic mass is 9.88. The third-order valence-corrected chi connectivity index (χ3v) is 9.60. The van der Waals surface area contributed by atoms with Gasteiger partial charge in [0.15, 0.2) is 0 Å². The number of H-pyrrole nitrogens is 1. The fourth-order valence-corrected chi connectivity index (χ4v) is 6.97. The normalized spacial score (nSPS) is 17.5. The van der Waals surface area contributed by atoms with Crippen molar-refractivity contribution in [1.82, 2.24) is 14.9 Å². The van der Waals surface area contributed by atoms with Crippen LogP contribution in [0.1, 0.15) is 78.7 Å². The lowest BCUT2D eigenvalue weighted by molar-refractivity contribution is -0.131. The van der Waals surface area contributed by atoms with Gasteiger partial charge in [-0.05, 0) is 96.9 Å². The lowest BCUT2D eigenvalue weighted by Crippen LogP contribution is -2.34. The molecule has 2 heterocycles. The van der Waals surface area contributed by atoms with Crippen LogP contribution in [0, 0.1) is 0 Å². The number of hydrogen-bond donors (Lipinski definition) is 1. The summed E-state index contributed by atoms with van der Waals surface area (Å²) in [5, 5.41) is 0.683. The molecule has 43 heavy (non-hydrogen) atoms. The van der Waals surface area contributed by atoms with Crippen molar-refractivity contribution in [3.8, 4) is 11.1 Å². The first-order valence-corrected chi connectivity index (χ1v) is 15.9. The number of amides is 1. The Labute approximate surface area is 257 Å². The van der Waals surface area contributed by atoms with E-state index in [-0.39, 0.29) is 23.3 Å². The van der Waals surface area contributed by atoms with E-state index in [9.17, 15) is 9.59 Å². The van der Waals surface area contributed by atoms with Crippen LogP contribution in [0.15, 0.2) is 83.7 Å². The van der Waals surface area contributed by atoms with Crippen LogP contribution < -0.4 is 5.56 Å². The molecule has 0 atom stereocenters. The monoisotopic (exact) mass is 589 g/mol. The summed E-state index contributed by atoms with van der Waals surface area (Å²) in [5.41, 5.74) is 8.09. The molecule has 0 saturated heterocycles. The third-order valence-electron chi connectivity index (χ3n) is 9.36. The number of fused-ring (bicyclic) bond motifs is 1. The Morgan fingerprint density at radius 3 is 2.49 bits per heavy atom. The molecule has 4 aromatic rings. The average Bonchev–Trinajstić information content (AvgIpc) is 3.87. The van der Waals surface area contributed by atoms with Crippen molar-refractivity contribution in [3.63, 3.8) is 0 Å². The van der Waals surface area contributed by atoms with Crippen LogP contribution in [0.5, 0.6) is 0 Å². The quantitative estimate of drug-likeness (QED) is 0.251. The zero-order chi connectivity index (χ0) is 29.4. The van der Waals surface area contributed by atoms with E-state index in [1.165, 1.54) is 29.5 Å². The largest absolute Gasteiger partial charge is 0.338 e. The van der Waals surface area contributed by atoms with Crippen LogP contribution in [0.4, 0.5) is 0 Å². The molecule has 1 saturated carbocycles. The molecule has 5 nitrogen and oxygen atoms in total. The summed E-state index contributed by atoms with van der Waals surface area (Å²) in [5.74, 6) is 0.802. The van der Waals surface area contributed by atoms with E-state index in [1.54, 1.807) is 0 Å². The molecule has 1 N–H and O–H groups in total. The first-order valence-electron chi connectivity index (χ1n) is 15.5. The highest BCUT2D eigenvalue weighted by Gasteiger charge is 2.49. The van der Waals surface area contributed by atoms with Crippen molar-refractivity contribution < 1.29 is 4.79 Å². The zero-order valence-electron chi connectivity index (χ0n) is 24.4. The molecule has 3 aliphatic rings. The maximum atomic E-state index is 13.6. The molecular formula is C37H36ClN3O2. The van der Waals surface area contributed by atoms with Gasteiger partial charge in [0.25, 0.3) is 5.56 Å². The minimum Gasteiger partial charge on any atom is -0.338 e. The Bertz CT molecular complexity index is 1780. The minimum atomic E-state index is -0.227. The van der Waals surface area contributed by atoms with Gasteiger partial charge in [0, 0.05) is 11.6 Å². The van der Waals surface area contributed by atoms with E-state index in [1.807, 2.05) is 53.4 Å². The number of benzene rings is 3. The molecule has 1 aromatic heterocycles. The number of carbonyl (C=O) groups excluding carboxylic acids is 1. The first-order chi connectivity index (χ1) is 21.0. The van der Waals surface area contributed by atoms with E-state index < -0.39 is 0 Å². The number of halogens is 1. The molecule has 3 aromatic carbocycles. The molecule has 0 radical (unpaired) electrons. The summed E-state index contributed by atoms with van der Waals surface area (Å²) < 4.78 is 0. The molecule has 0 spiro atoms. The highest BCUT2D eigenvalue weighted by atomic mass is 35.5. The van der Waals surface area contributed by atoms with E-state index >= 15 is 0 Å². The van der Waals surface area contributed by atoms with E-state index in [0.717, 1.165) is 60.3 Å². The molecule has 0 bridgehead atoms. The third kappa shape index (κ3) is 5.71. The second-order valence-electron chi connectivity index (χ2n) is 12.3. The second-order valence-corrected chi connectivity index (χ2v) is 12.7. The van der Waals surface area contributed by atoms with Gasteiger partial charge in [-0.15, -0.1) is 0 Å². The van der Waals surface area contributed by atoms with Crippen LogP contribution >= 0.6 is 11.6 Å². The van der Waals surface area contributed by atoms with Crippen molar-refractivity contribution in [1.29, 1.82) is 0 Å². The van der Waals surface area contributed by atoms with Crippen molar-refractivity contribution in [2.45, 2.75) is 69.7 Å². The number of rotatable bonds is 6. The maximum Gasteiger partial charge on any atom is 0.256 e. The summed E-state index contributed by atoms with van der Waals surface area (Å²) in [7, 11) is 0. The molecule has 1 fully saturated rings. The maximum absolute atomic E-state index is 13.6. The fraction of sp³-hybridized carbons (Fsp3) is 0.324. The number of nitrogens with zero attached hydrogens (tertiary/aromatic N) is 2. The Morgan fingerprint density at radius 1 is 0.907 bits per heavy atom. The summed E-state index contributed by atoms with van der Waals surface area (Å²) >= 11 is 6.20. The van der Waals surface area contributed by atoms with Gasteiger partial charge in [-0.1, -0.05) is 78.3 Å². The van der Waals surface area contributed by atoms with Crippen molar-refractivity contribution in [3.05, 3.63) is 128 Å². The average molecular weight is 590 g/mol. The van der Waals surface area contributed by atoms with Crippen LogP contribution in [-0.4, -0.2) is 27.3 Å². The number of hydrogen-bond acceptors (Lipinski definition) is 3. The standard InChI is InChI=1S/C37H36ClN3O2/c38-31-15-6-13-29(23-31)27-11-4-8-25(20-27)21-34(42)41-19-7-16-33-32(24-41)35(43)40-36(39-33)37(17-18-37)30-14-5-12-28(22-30)26-9-2-1-3-10-26/h4-6,8-9,11-15,20,22-23H,1-3,7,10,16-19,21,24H2,(H,39,40,43). The highest BCUT2D eigenvalue weighted by Crippen LogP contribution is 2.52. The summed E-state index contributed by atoms with van der Waals surface area (Å²) in [6.07, 6.45) is 10.9. The zero-order valence-corrected chi connectivity index (χ0v) is 25.1. The minimum absolute atomic E-state index is 0.0204. The van der Waals surface area contributed by atoms with Crippen LogP contribution in [-0.2, 0) is 29.6 Å². The van der Waals surface area contributed by atoms with E-state index in [2.05, 4.69) is 35.3 Å². The topological polar surface area (TPSA) is 66.1 Å². The van der Waals surface area contributed by atoms with Crippen LogP contribution in [0.3, 0.4) is 0 Å². The van der Waals surface area contributed by atoms with Gasteiger partial charge >= 0.3 is 0 Å². The van der Waals surface area contributed by atoms with Crippen molar-refractivity contribution in [2.75, 3.05) is 6.54 Å². The van der Waals surface area contributed by atoms with Gasteiger partial charge in [0.05, 0.1) is 29.6 Å². The smallest absolute Gasteiger partial charge is 0.256 e. The summed E-state index contributed by atoms with van der Waals surface area (Å²) in [6.45, 7) is 0.904. The van der Waals surface area contributed by atoms with Gasteiger partial charge in [0.1, 0.15) is 5.82 Å². The molecule has 2 aliphatic carbocycles. The molecule has 218 valence electrons. The van der Waals surface area contributed by atoms with E-state index in [4.69, 9.17) is 16.6 Å². The van der Waals surface area contributed by atoms with E-state index in [0.29, 0.717) is 30.1 Å². The van der Waals surface area contributed by atoms with Crippen molar-refractivity contribution >= 4 is 23.1 Å².